The van der Waals surface area contributed by atoms with Crippen molar-refractivity contribution in [2.75, 3.05) is 19.8 Å². The van der Waals surface area contributed by atoms with Gasteiger partial charge in [-0.1, -0.05) is 18.7 Å². The first-order valence-corrected chi connectivity index (χ1v) is 15.9. The molecule has 0 saturated carbocycles. The van der Waals surface area contributed by atoms with Crippen LogP contribution in [0.1, 0.15) is 90.3 Å². The lowest BCUT2D eigenvalue weighted by atomic mass is 9.78. The van der Waals surface area contributed by atoms with Crippen molar-refractivity contribution < 1.29 is 27.8 Å². The third-order valence-corrected chi connectivity index (χ3v) is 9.20. The quantitative estimate of drug-likeness (QED) is 0.249. The van der Waals surface area contributed by atoms with Gasteiger partial charge in [-0.15, -0.1) is 0 Å². The van der Waals surface area contributed by atoms with E-state index in [2.05, 4.69) is 11.5 Å². The highest BCUT2D eigenvalue weighted by atomic mass is 19.1. The molecular weight excluding hydrogens is 572 g/mol. The van der Waals surface area contributed by atoms with Gasteiger partial charge in [0.2, 0.25) is 0 Å². The molecule has 7 heteroatoms. The number of benzene rings is 3. The van der Waals surface area contributed by atoms with Crippen LogP contribution in [-0.4, -0.2) is 36.2 Å². The highest BCUT2D eigenvalue weighted by Crippen LogP contribution is 2.47. The molecular formula is C38H45F2NO4. The van der Waals surface area contributed by atoms with Crippen molar-refractivity contribution in [1.82, 2.24) is 4.90 Å². The van der Waals surface area contributed by atoms with E-state index in [0.29, 0.717) is 49.4 Å². The van der Waals surface area contributed by atoms with E-state index in [-0.39, 0.29) is 12.4 Å². The zero-order valence-corrected chi connectivity index (χ0v) is 27.9. The zero-order chi connectivity index (χ0) is 32.8. The van der Waals surface area contributed by atoms with Crippen LogP contribution in [-0.2, 0) is 33.7 Å². The summed E-state index contributed by atoms with van der Waals surface area (Å²) in [5.41, 5.74) is 9.57. The second-order valence-electron chi connectivity index (χ2n) is 13.2. The van der Waals surface area contributed by atoms with Crippen molar-refractivity contribution >= 4 is 11.7 Å². The fraction of sp³-hybridized carbons (Fsp3) is 0.447. The van der Waals surface area contributed by atoms with Crippen LogP contribution >= 0.6 is 0 Å². The Hall–Kier alpha value is -3.71. The molecule has 0 saturated heterocycles. The van der Waals surface area contributed by atoms with E-state index in [9.17, 15) is 9.18 Å². The van der Waals surface area contributed by atoms with Crippen molar-refractivity contribution in [1.29, 1.82) is 0 Å². The molecule has 0 bridgehead atoms. The van der Waals surface area contributed by atoms with Crippen LogP contribution in [0.2, 0.25) is 0 Å². The number of rotatable bonds is 7. The molecule has 45 heavy (non-hydrogen) atoms. The molecule has 0 unspecified atom stereocenters. The molecule has 0 spiro atoms. The summed E-state index contributed by atoms with van der Waals surface area (Å²) in [6.45, 7) is 21.7. The van der Waals surface area contributed by atoms with Crippen LogP contribution < -0.4 is 4.74 Å². The maximum absolute atomic E-state index is 15.8. The van der Waals surface area contributed by atoms with Crippen LogP contribution in [0.15, 0.2) is 30.8 Å². The van der Waals surface area contributed by atoms with Crippen LogP contribution in [0.5, 0.6) is 5.75 Å². The third-order valence-electron chi connectivity index (χ3n) is 9.20. The number of ether oxygens (including phenoxy) is 3. The number of carbonyl (C=O) groups excluding carboxylic acids is 1. The molecule has 3 aromatic carbocycles. The highest BCUT2D eigenvalue weighted by molar-refractivity contribution is 5.86. The molecule has 0 N–H and O–H groups in total. The standard InChI is InChI=1S/C38H45F2NO4/c1-10-43-37(42)36(45-38(7,8)9)34-23(4)27-16-17-41(25(6)26-13-11-15-31(39)22(26)3)20-30(27)24(5)33(34)29-19-32(40)35-28(21(29)2)14-12-18-44-35/h11,13,15,19,36H,6,10,12,14,16-18,20H2,1-5,7-9H3/t36-/m0/s1. The van der Waals surface area contributed by atoms with Gasteiger partial charge < -0.3 is 19.1 Å². The molecule has 2 aliphatic heterocycles. The molecule has 2 aliphatic rings. The molecule has 2 heterocycles. The average molecular weight is 618 g/mol. The minimum Gasteiger partial charge on any atom is -0.490 e. The fourth-order valence-corrected chi connectivity index (χ4v) is 6.93. The molecule has 1 atom stereocenters. The molecule has 240 valence electrons. The monoisotopic (exact) mass is 617 g/mol. The molecule has 5 nitrogen and oxygen atoms in total. The number of hydrogen-bond donors (Lipinski definition) is 0. The van der Waals surface area contributed by atoms with E-state index < -0.39 is 23.5 Å². The SMILES string of the molecule is C=C(c1cccc(F)c1C)N1CCc2c(C)c([C@H](OC(C)(C)C)C(=O)OCC)c(-c3cc(F)c4c(c3C)CCCO4)c(C)c2C1. The van der Waals surface area contributed by atoms with E-state index in [1.807, 2.05) is 47.6 Å². The van der Waals surface area contributed by atoms with E-state index in [0.717, 1.165) is 62.2 Å². The second-order valence-corrected chi connectivity index (χ2v) is 13.2. The van der Waals surface area contributed by atoms with E-state index in [1.165, 1.54) is 6.07 Å². The van der Waals surface area contributed by atoms with Crippen molar-refractivity contribution in [3.63, 3.8) is 0 Å². The van der Waals surface area contributed by atoms with Gasteiger partial charge in [-0.25, -0.2) is 13.6 Å². The molecule has 0 radical (unpaired) electrons. The smallest absolute Gasteiger partial charge is 0.339 e. The van der Waals surface area contributed by atoms with Crippen LogP contribution in [0.3, 0.4) is 0 Å². The van der Waals surface area contributed by atoms with Gasteiger partial charge in [-0.3, -0.25) is 0 Å². The van der Waals surface area contributed by atoms with Crippen molar-refractivity contribution in [3.05, 3.63) is 92.5 Å². The molecule has 0 fully saturated rings. The Morgan fingerprint density at radius 3 is 2.42 bits per heavy atom. The summed E-state index contributed by atoms with van der Waals surface area (Å²) >= 11 is 0. The van der Waals surface area contributed by atoms with E-state index >= 15 is 4.39 Å². The van der Waals surface area contributed by atoms with Crippen LogP contribution in [0, 0.1) is 39.3 Å². The molecule has 0 aliphatic carbocycles. The summed E-state index contributed by atoms with van der Waals surface area (Å²) in [5.74, 6) is -0.824. The zero-order valence-electron chi connectivity index (χ0n) is 27.9. The first-order valence-electron chi connectivity index (χ1n) is 15.9. The summed E-state index contributed by atoms with van der Waals surface area (Å²) < 4.78 is 48.1. The molecule has 5 rings (SSSR count). The van der Waals surface area contributed by atoms with Gasteiger partial charge in [0.1, 0.15) is 5.82 Å². The second kappa shape index (κ2) is 12.6. The Morgan fingerprint density at radius 1 is 1.00 bits per heavy atom. The predicted octanol–water partition coefficient (Wildman–Crippen LogP) is 8.64. The maximum Gasteiger partial charge on any atom is 0.339 e. The number of esters is 1. The number of hydrogen-bond acceptors (Lipinski definition) is 5. The first kappa shape index (κ1) is 32.7. The van der Waals surface area contributed by atoms with E-state index in [1.54, 1.807) is 26.0 Å². The topological polar surface area (TPSA) is 48.0 Å². The predicted molar refractivity (Wildman–Crippen MR) is 174 cm³/mol. The summed E-state index contributed by atoms with van der Waals surface area (Å²) in [5, 5.41) is 0. The molecule has 0 aromatic heterocycles. The summed E-state index contributed by atoms with van der Waals surface area (Å²) in [4.78, 5) is 15.9. The lowest BCUT2D eigenvalue weighted by Crippen LogP contribution is -2.33. The third kappa shape index (κ3) is 6.11. The van der Waals surface area contributed by atoms with Crippen LogP contribution in [0.25, 0.3) is 16.8 Å². The Morgan fingerprint density at radius 2 is 1.73 bits per heavy atom. The van der Waals surface area contributed by atoms with Gasteiger partial charge in [0.25, 0.3) is 0 Å². The summed E-state index contributed by atoms with van der Waals surface area (Å²) in [6, 6.07) is 6.62. The van der Waals surface area contributed by atoms with Crippen molar-refractivity contribution in [2.45, 2.75) is 92.9 Å². The maximum atomic E-state index is 15.8. The van der Waals surface area contributed by atoms with Gasteiger partial charge >= 0.3 is 5.97 Å². The molecule has 3 aromatic rings. The number of nitrogens with zero attached hydrogens (tertiary/aromatic N) is 1. The Bertz CT molecular complexity index is 1670. The first-order chi connectivity index (χ1) is 21.2. The fourth-order valence-electron chi connectivity index (χ4n) is 6.93. The van der Waals surface area contributed by atoms with E-state index in [4.69, 9.17) is 14.2 Å². The molecule has 0 amide bonds. The number of fused-ring (bicyclic) bond motifs is 2. The number of carbonyl (C=O) groups is 1. The highest BCUT2D eigenvalue weighted by Gasteiger charge is 2.37. The van der Waals surface area contributed by atoms with Gasteiger partial charge in [-0.2, -0.15) is 0 Å². The summed E-state index contributed by atoms with van der Waals surface area (Å²) in [6.07, 6.45) is 1.20. The largest absolute Gasteiger partial charge is 0.490 e. The van der Waals surface area contributed by atoms with Crippen molar-refractivity contribution in [3.8, 4) is 16.9 Å². The Kier molecular flexibility index (Phi) is 9.14. The van der Waals surface area contributed by atoms with Crippen molar-refractivity contribution in [2.24, 2.45) is 0 Å². The van der Waals surface area contributed by atoms with Crippen LogP contribution in [0.4, 0.5) is 8.78 Å². The lowest BCUT2D eigenvalue weighted by molar-refractivity contribution is -0.166. The lowest BCUT2D eigenvalue weighted by Gasteiger charge is -2.38. The average Bonchev–Trinajstić information content (AvgIpc) is 3.00. The Labute approximate surface area is 266 Å². The minimum absolute atomic E-state index is 0.210. The summed E-state index contributed by atoms with van der Waals surface area (Å²) in [7, 11) is 0. The van der Waals surface area contributed by atoms with Gasteiger partial charge in [0, 0.05) is 35.5 Å². The number of halogens is 2. The Balaban J connectivity index is 1.76. The van der Waals surface area contributed by atoms with Gasteiger partial charge in [0.05, 0.1) is 18.8 Å². The van der Waals surface area contributed by atoms with Gasteiger partial charge in [0.15, 0.2) is 17.7 Å². The normalized spacial score (nSPS) is 15.2. The minimum atomic E-state index is -1.01. The van der Waals surface area contributed by atoms with Gasteiger partial charge in [-0.05, 0) is 131 Å².